The van der Waals surface area contributed by atoms with Crippen LogP contribution in [0.2, 0.25) is 0 Å². The van der Waals surface area contributed by atoms with Gasteiger partial charge in [-0.25, -0.2) is 9.67 Å². The summed E-state index contributed by atoms with van der Waals surface area (Å²) in [6.45, 7) is 5.23. The molecule has 7 heteroatoms. The van der Waals surface area contributed by atoms with E-state index in [1.807, 2.05) is 50.2 Å². The molecule has 0 spiro atoms. The third-order valence-electron chi connectivity index (χ3n) is 3.90. The van der Waals surface area contributed by atoms with Gasteiger partial charge in [-0.15, -0.1) is 0 Å². The zero-order valence-corrected chi connectivity index (χ0v) is 15.9. The highest BCUT2D eigenvalue weighted by Gasteiger charge is 2.12. The van der Waals surface area contributed by atoms with Gasteiger partial charge in [0, 0.05) is 12.6 Å². The molecule has 0 atom stereocenters. The van der Waals surface area contributed by atoms with Crippen LogP contribution in [0.4, 0.5) is 5.69 Å². The number of pyridine rings is 1. The van der Waals surface area contributed by atoms with Crippen LogP contribution in [0.3, 0.4) is 0 Å². The fraction of sp³-hybridized carbons (Fsp3) is 0.143. The maximum Gasteiger partial charge on any atom is 0.272 e. The van der Waals surface area contributed by atoms with Gasteiger partial charge in [0.1, 0.15) is 5.70 Å². The average molecular weight is 375 g/mol. The number of benzene rings is 1. The molecule has 0 aliphatic heterocycles. The minimum absolute atomic E-state index is 0.154. The van der Waals surface area contributed by atoms with Crippen LogP contribution in [0.25, 0.3) is 11.9 Å². The molecule has 1 aromatic carbocycles. The van der Waals surface area contributed by atoms with Gasteiger partial charge >= 0.3 is 0 Å². The van der Waals surface area contributed by atoms with Gasteiger partial charge in [-0.3, -0.25) is 9.59 Å². The monoisotopic (exact) mass is 375 g/mol. The normalized spacial score (nSPS) is 11.2. The van der Waals surface area contributed by atoms with E-state index in [9.17, 15) is 9.59 Å². The van der Waals surface area contributed by atoms with Crippen LogP contribution in [0.15, 0.2) is 60.4 Å². The van der Waals surface area contributed by atoms with Crippen LogP contribution in [-0.4, -0.2) is 26.6 Å². The summed E-state index contributed by atoms with van der Waals surface area (Å²) in [5, 5.41) is 9.71. The molecule has 0 radical (unpaired) electrons. The Balaban J connectivity index is 1.79. The van der Waals surface area contributed by atoms with Crippen LogP contribution < -0.4 is 10.6 Å². The SMILES string of the molecule is CC(=O)N/C(=C\c1ccccc1)C(=O)Nc1ccc(-n2nc(C)cc2C)nc1. The molecule has 0 saturated heterocycles. The zero-order chi connectivity index (χ0) is 20.1. The Bertz CT molecular complexity index is 1020. The molecule has 0 fully saturated rings. The fourth-order valence-electron chi connectivity index (χ4n) is 2.71. The van der Waals surface area contributed by atoms with Crippen molar-refractivity contribution in [3.8, 4) is 5.82 Å². The lowest BCUT2D eigenvalue weighted by Crippen LogP contribution is -2.29. The summed E-state index contributed by atoms with van der Waals surface area (Å²) < 4.78 is 1.74. The molecule has 0 aliphatic carbocycles. The third kappa shape index (κ3) is 4.70. The number of aromatic nitrogens is 3. The molecular weight excluding hydrogens is 354 g/mol. The van der Waals surface area contributed by atoms with Gasteiger partial charge in [-0.2, -0.15) is 5.10 Å². The van der Waals surface area contributed by atoms with E-state index in [4.69, 9.17) is 0 Å². The summed E-state index contributed by atoms with van der Waals surface area (Å²) in [6.07, 6.45) is 3.17. The molecule has 2 amide bonds. The first-order chi connectivity index (χ1) is 13.4. The number of nitrogens with one attached hydrogen (secondary N) is 2. The Hall–Kier alpha value is -3.74. The topological polar surface area (TPSA) is 88.9 Å². The molecule has 2 N–H and O–H groups in total. The highest BCUT2D eigenvalue weighted by atomic mass is 16.2. The summed E-state index contributed by atoms with van der Waals surface area (Å²) in [4.78, 5) is 28.5. The van der Waals surface area contributed by atoms with Gasteiger partial charge < -0.3 is 10.6 Å². The van der Waals surface area contributed by atoms with Crippen LogP contribution in [0.1, 0.15) is 23.9 Å². The summed E-state index contributed by atoms with van der Waals surface area (Å²) in [6, 6.07) is 14.8. The lowest BCUT2D eigenvalue weighted by Gasteiger charge is -2.10. The Morgan fingerprint density at radius 2 is 1.82 bits per heavy atom. The van der Waals surface area contributed by atoms with Crippen molar-refractivity contribution in [2.24, 2.45) is 0 Å². The van der Waals surface area contributed by atoms with Crippen LogP contribution >= 0.6 is 0 Å². The van der Waals surface area contributed by atoms with E-state index in [1.165, 1.54) is 6.92 Å². The minimum Gasteiger partial charge on any atom is -0.322 e. The van der Waals surface area contributed by atoms with Gasteiger partial charge in [-0.05, 0) is 43.7 Å². The number of nitrogens with zero attached hydrogens (tertiary/aromatic N) is 3. The Kier molecular flexibility index (Phi) is 5.64. The number of hydrogen-bond donors (Lipinski definition) is 2. The number of carbonyl (C=O) groups is 2. The summed E-state index contributed by atoms with van der Waals surface area (Å²) in [7, 11) is 0. The molecule has 0 bridgehead atoms. The zero-order valence-electron chi connectivity index (χ0n) is 15.9. The van der Waals surface area contributed by atoms with Crippen LogP contribution in [0.5, 0.6) is 0 Å². The van der Waals surface area contributed by atoms with Crippen molar-refractivity contribution in [3.05, 3.63) is 77.4 Å². The van der Waals surface area contributed by atoms with E-state index in [2.05, 4.69) is 20.7 Å². The maximum atomic E-state index is 12.6. The highest BCUT2D eigenvalue weighted by molar-refractivity contribution is 6.08. The maximum absolute atomic E-state index is 12.6. The largest absolute Gasteiger partial charge is 0.322 e. The second-order valence-corrected chi connectivity index (χ2v) is 6.35. The summed E-state index contributed by atoms with van der Waals surface area (Å²) in [5.41, 5.74) is 3.35. The first-order valence-electron chi connectivity index (χ1n) is 8.78. The molecule has 3 aromatic rings. The van der Waals surface area contributed by atoms with E-state index in [-0.39, 0.29) is 11.6 Å². The molecule has 2 heterocycles. The van der Waals surface area contributed by atoms with Crippen molar-refractivity contribution in [2.45, 2.75) is 20.8 Å². The molecule has 0 aliphatic rings. The molecule has 142 valence electrons. The number of rotatable bonds is 5. The molecule has 3 rings (SSSR count). The molecule has 28 heavy (non-hydrogen) atoms. The van der Waals surface area contributed by atoms with Crippen molar-refractivity contribution in [1.29, 1.82) is 0 Å². The number of amides is 2. The Morgan fingerprint density at radius 1 is 1.07 bits per heavy atom. The third-order valence-corrected chi connectivity index (χ3v) is 3.90. The number of hydrogen-bond acceptors (Lipinski definition) is 4. The molecule has 7 nitrogen and oxygen atoms in total. The Morgan fingerprint density at radius 3 is 2.39 bits per heavy atom. The number of anilines is 1. The number of carbonyl (C=O) groups excluding carboxylic acids is 2. The smallest absolute Gasteiger partial charge is 0.272 e. The van der Waals surface area contributed by atoms with Crippen LogP contribution in [0, 0.1) is 13.8 Å². The van der Waals surface area contributed by atoms with Crippen molar-refractivity contribution in [2.75, 3.05) is 5.32 Å². The Labute approximate surface area is 163 Å². The van der Waals surface area contributed by atoms with E-state index in [0.29, 0.717) is 11.5 Å². The second kappa shape index (κ2) is 8.30. The molecule has 0 unspecified atom stereocenters. The van der Waals surface area contributed by atoms with Gasteiger partial charge in [0.05, 0.1) is 17.6 Å². The standard InChI is InChI=1S/C21H21N5O2/c1-14-11-15(2)26(25-14)20-10-9-18(13-22-20)24-21(28)19(23-16(3)27)12-17-7-5-4-6-8-17/h4-13H,1-3H3,(H,23,27)(H,24,28)/b19-12-. The molecule has 0 saturated carbocycles. The van der Waals surface area contributed by atoms with Gasteiger partial charge in [0.25, 0.3) is 5.91 Å². The minimum atomic E-state index is -0.431. The fourth-order valence-corrected chi connectivity index (χ4v) is 2.71. The van der Waals surface area contributed by atoms with E-state index >= 15 is 0 Å². The lowest BCUT2D eigenvalue weighted by molar-refractivity contribution is -0.120. The van der Waals surface area contributed by atoms with E-state index in [1.54, 1.807) is 29.1 Å². The predicted molar refractivity (Wildman–Crippen MR) is 108 cm³/mol. The average Bonchev–Trinajstić information content (AvgIpc) is 3.00. The predicted octanol–water partition coefficient (Wildman–Crippen LogP) is 3.00. The summed E-state index contributed by atoms with van der Waals surface area (Å²) in [5.74, 6) is -0.0967. The molecule has 2 aromatic heterocycles. The first-order valence-corrected chi connectivity index (χ1v) is 8.78. The lowest BCUT2D eigenvalue weighted by atomic mass is 10.2. The van der Waals surface area contributed by atoms with Crippen molar-refractivity contribution < 1.29 is 9.59 Å². The van der Waals surface area contributed by atoms with Crippen molar-refractivity contribution >= 4 is 23.6 Å². The van der Waals surface area contributed by atoms with Crippen LogP contribution in [-0.2, 0) is 9.59 Å². The highest BCUT2D eigenvalue weighted by Crippen LogP contribution is 2.14. The van der Waals surface area contributed by atoms with Gasteiger partial charge in [0.15, 0.2) is 5.82 Å². The second-order valence-electron chi connectivity index (χ2n) is 6.35. The number of aryl methyl sites for hydroxylation is 2. The quantitative estimate of drug-likeness (QED) is 0.671. The van der Waals surface area contributed by atoms with Crippen molar-refractivity contribution in [1.82, 2.24) is 20.1 Å². The van der Waals surface area contributed by atoms with Gasteiger partial charge in [0.2, 0.25) is 5.91 Å². The van der Waals surface area contributed by atoms with E-state index in [0.717, 1.165) is 17.0 Å². The van der Waals surface area contributed by atoms with E-state index < -0.39 is 5.91 Å². The van der Waals surface area contributed by atoms with Crippen molar-refractivity contribution in [3.63, 3.8) is 0 Å². The molecular formula is C21H21N5O2. The summed E-state index contributed by atoms with van der Waals surface area (Å²) >= 11 is 0. The van der Waals surface area contributed by atoms with Gasteiger partial charge in [-0.1, -0.05) is 30.3 Å². The first kappa shape index (κ1) is 19.0.